The Morgan fingerprint density at radius 2 is 1.67 bits per heavy atom. The van der Waals surface area contributed by atoms with Crippen molar-refractivity contribution in [1.82, 2.24) is 19.9 Å². The number of hydrogen-bond acceptors (Lipinski definition) is 6. The van der Waals surface area contributed by atoms with Crippen molar-refractivity contribution in [3.05, 3.63) is 11.7 Å². The van der Waals surface area contributed by atoms with Gasteiger partial charge in [-0.2, -0.15) is 4.98 Å². The average Bonchev–Trinajstić information content (AvgIpc) is 2.89. The van der Waals surface area contributed by atoms with E-state index in [4.69, 9.17) is 10.3 Å². The Balaban J connectivity index is 0.00000144. The van der Waals surface area contributed by atoms with Crippen LogP contribution in [0.4, 0.5) is 0 Å². The third-order valence-electron chi connectivity index (χ3n) is 4.97. The predicted octanol–water partition coefficient (Wildman–Crippen LogP) is 2.46. The van der Waals surface area contributed by atoms with Gasteiger partial charge in [-0.05, 0) is 38.3 Å². The SMILES string of the molecule is Cl.Cl.NCc1nc(CN2CCCN(CC3CCCCC3)CC2)no1. The molecule has 1 aliphatic heterocycles. The summed E-state index contributed by atoms with van der Waals surface area (Å²) in [7, 11) is 0. The van der Waals surface area contributed by atoms with Crippen LogP contribution in [0.2, 0.25) is 0 Å². The zero-order valence-electron chi connectivity index (χ0n) is 14.4. The summed E-state index contributed by atoms with van der Waals surface area (Å²) in [5.74, 6) is 2.23. The van der Waals surface area contributed by atoms with Crippen LogP contribution in [0.5, 0.6) is 0 Å². The van der Waals surface area contributed by atoms with Gasteiger partial charge in [-0.15, -0.1) is 24.8 Å². The highest BCUT2D eigenvalue weighted by Gasteiger charge is 2.21. The highest BCUT2D eigenvalue weighted by Crippen LogP contribution is 2.24. The van der Waals surface area contributed by atoms with Crippen LogP contribution < -0.4 is 5.73 Å². The molecule has 0 aromatic carbocycles. The van der Waals surface area contributed by atoms with Gasteiger partial charge in [0.2, 0.25) is 5.89 Å². The molecule has 2 fully saturated rings. The Morgan fingerprint density at radius 3 is 2.38 bits per heavy atom. The summed E-state index contributed by atoms with van der Waals surface area (Å²) in [4.78, 5) is 9.41. The molecule has 0 amide bonds. The van der Waals surface area contributed by atoms with E-state index in [1.165, 1.54) is 51.6 Å². The van der Waals surface area contributed by atoms with Crippen LogP contribution in [0, 0.1) is 5.92 Å². The van der Waals surface area contributed by atoms with Gasteiger partial charge < -0.3 is 15.2 Å². The van der Waals surface area contributed by atoms with Crippen LogP contribution in [-0.4, -0.2) is 52.7 Å². The molecule has 2 N–H and O–H groups in total. The molecule has 0 bridgehead atoms. The van der Waals surface area contributed by atoms with Gasteiger partial charge >= 0.3 is 0 Å². The molecule has 0 radical (unpaired) electrons. The van der Waals surface area contributed by atoms with Gasteiger partial charge in [0.05, 0.1) is 13.1 Å². The molecule has 1 aromatic rings. The minimum absolute atomic E-state index is 0. The Labute approximate surface area is 157 Å². The molecule has 140 valence electrons. The third kappa shape index (κ3) is 6.48. The molecule has 3 rings (SSSR count). The van der Waals surface area contributed by atoms with E-state index in [9.17, 15) is 0 Å². The number of nitrogens with zero attached hydrogens (tertiary/aromatic N) is 4. The van der Waals surface area contributed by atoms with Crippen LogP contribution in [0.3, 0.4) is 0 Å². The summed E-state index contributed by atoms with van der Waals surface area (Å²) in [5.41, 5.74) is 5.51. The first-order chi connectivity index (χ1) is 10.8. The standard InChI is InChI=1S/C16H29N5O.2ClH/c17-11-16-18-15(19-22-16)13-21-8-4-7-20(9-10-21)12-14-5-2-1-3-6-14;;/h14H,1-13,17H2;2*1H. The van der Waals surface area contributed by atoms with E-state index in [0.717, 1.165) is 37.9 Å². The third-order valence-corrected chi connectivity index (χ3v) is 4.97. The molecule has 2 heterocycles. The molecule has 24 heavy (non-hydrogen) atoms. The molecule has 1 aliphatic carbocycles. The van der Waals surface area contributed by atoms with Crippen molar-refractivity contribution in [2.45, 2.75) is 51.6 Å². The summed E-state index contributed by atoms with van der Waals surface area (Å²) < 4.78 is 5.09. The molecule has 0 unspecified atom stereocenters. The van der Waals surface area contributed by atoms with E-state index in [-0.39, 0.29) is 24.8 Å². The Bertz CT molecular complexity index is 453. The van der Waals surface area contributed by atoms with Gasteiger partial charge in [0.25, 0.3) is 0 Å². The Morgan fingerprint density at radius 1 is 0.958 bits per heavy atom. The normalized spacial score (nSPS) is 20.9. The van der Waals surface area contributed by atoms with Gasteiger partial charge in [0.1, 0.15) is 0 Å². The number of nitrogens with two attached hydrogens (primary N) is 1. The van der Waals surface area contributed by atoms with E-state index >= 15 is 0 Å². The van der Waals surface area contributed by atoms with Crippen LogP contribution in [-0.2, 0) is 13.1 Å². The maximum Gasteiger partial charge on any atom is 0.240 e. The number of halogens is 2. The van der Waals surface area contributed by atoms with Gasteiger partial charge in [0.15, 0.2) is 5.82 Å². The first-order valence-electron chi connectivity index (χ1n) is 8.79. The lowest BCUT2D eigenvalue weighted by atomic mass is 9.89. The molecule has 1 saturated carbocycles. The highest BCUT2D eigenvalue weighted by atomic mass is 35.5. The zero-order chi connectivity index (χ0) is 15.2. The lowest BCUT2D eigenvalue weighted by Gasteiger charge is -2.28. The minimum Gasteiger partial charge on any atom is -0.338 e. The maximum atomic E-state index is 5.51. The van der Waals surface area contributed by atoms with Crippen molar-refractivity contribution in [3.63, 3.8) is 0 Å². The predicted molar refractivity (Wildman–Crippen MR) is 99.6 cm³/mol. The smallest absolute Gasteiger partial charge is 0.240 e. The van der Waals surface area contributed by atoms with Crippen molar-refractivity contribution >= 4 is 24.8 Å². The summed E-state index contributed by atoms with van der Waals surface area (Å²) in [6.45, 7) is 7.01. The van der Waals surface area contributed by atoms with E-state index < -0.39 is 0 Å². The number of hydrogen-bond donors (Lipinski definition) is 1. The molecule has 1 aromatic heterocycles. The molecule has 2 aliphatic rings. The number of aromatic nitrogens is 2. The maximum absolute atomic E-state index is 5.51. The highest BCUT2D eigenvalue weighted by molar-refractivity contribution is 5.85. The van der Waals surface area contributed by atoms with Crippen molar-refractivity contribution in [3.8, 4) is 0 Å². The number of rotatable bonds is 5. The molecule has 0 spiro atoms. The fourth-order valence-electron chi connectivity index (χ4n) is 3.74. The Kier molecular flexibility index (Phi) is 10.2. The monoisotopic (exact) mass is 379 g/mol. The largest absolute Gasteiger partial charge is 0.338 e. The lowest BCUT2D eigenvalue weighted by molar-refractivity contribution is 0.199. The topological polar surface area (TPSA) is 71.4 Å². The van der Waals surface area contributed by atoms with E-state index in [1.54, 1.807) is 0 Å². The van der Waals surface area contributed by atoms with Crippen molar-refractivity contribution in [2.24, 2.45) is 11.7 Å². The molecule has 1 saturated heterocycles. The zero-order valence-corrected chi connectivity index (χ0v) is 16.0. The molecular weight excluding hydrogens is 349 g/mol. The summed E-state index contributed by atoms with van der Waals surface area (Å²) >= 11 is 0. The van der Waals surface area contributed by atoms with Crippen molar-refractivity contribution in [1.29, 1.82) is 0 Å². The first kappa shape index (κ1) is 21.6. The lowest BCUT2D eigenvalue weighted by Crippen LogP contribution is -2.34. The van der Waals surface area contributed by atoms with Crippen molar-refractivity contribution < 1.29 is 4.52 Å². The van der Waals surface area contributed by atoms with Gasteiger partial charge in [0, 0.05) is 19.6 Å². The summed E-state index contributed by atoms with van der Waals surface area (Å²) in [6.07, 6.45) is 8.42. The van der Waals surface area contributed by atoms with Crippen molar-refractivity contribution in [2.75, 3.05) is 32.7 Å². The first-order valence-corrected chi connectivity index (χ1v) is 8.79. The Hall–Kier alpha value is -0.400. The molecule has 8 heteroatoms. The van der Waals surface area contributed by atoms with Gasteiger partial charge in [-0.25, -0.2) is 0 Å². The molecular formula is C16H31Cl2N5O. The average molecular weight is 380 g/mol. The summed E-state index contributed by atoms with van der Waals surface area (Å²) in [5, 5.41) is 4.00. The second-order valence-corrected chi connectivity index (χ2v) is 6.74. The molecule has 6 nitrogen and oxygen atoms in total. The van der Waals surface area contributed by atoms with Crippen LogP contribution in [0.15, 0.2) is 4.52 Å². The second kappa shape index (κ2) is 11.3. The second-order valence-electron chi connectivity index (χ2n) is 6.74. The molecule has 0 atom stereocenters. The fraction of sp³-hybridized carbons (Fsp3) is 0.875. The van der Waals surface area contributed by atoms with E-state index in [0.29, 0.717) is 12.4 Å². The summed E-state index contributed by atoms with van der Waals surface area (Å²) in [6, 6.07) is 0. The van der Waals surface area contributed by atoms with Crippen LogP contribution in [0.25, 0.3) is 0 Å². The van der Waals surface area contributed by atoms with E-state index in [2.05, 4.69) is 19.9 Å². The van der Waals surface area contributed by atoms with Gasteiger partial charge in [-0.3, -0.25) is 4.90 Å². The van der Waals surface area contributed by atoms with Crippen LogP contribution in [0.1, 0.15) is 50.2 Å². The fourth-order valence-corrected chi connectivity index (χ4v) is 3.74. The van der Waals surface area contributed by atoms with Gasteiger partial charge in [-0.1, -0.05) is 24.4 Å². The quantitative estimate of drug-likeness (QED) is 0.846. The minimum atomic E-state index is 0. The van der Waals surface area contributed by atoms with E-state index in [1.807, 2.05) is 0 Å². The van der Waals surface area contributed by atoms with Crippen LogP contribution >= 0.6 is 24.8 Å².